The number of benzene rings is 1. The fourth-order valence-corrected chi connectivity index (χ4v) is 5.13. The van der Waals surface area contributed by atoms with Gasteiger partial charge in [0.1, 0.15) is 16.4 Å². The third kappa shape index (κ3) is 3.60. The molecule has 2 unspecified atom stereocenters. The first kappa shape index (κ1) is 20.1. The van der Waals surface area contributed by atoms with Crippen LogP contribution in [-0.4, -0.2) is 58.8 Å². The summed E-state index contributed by atoms with van der Waals surface area (Å²) in [5.74, 6) is 0.667. The summed E-state index contributed by atoms with van der Waals surface area (Å²) in [6.07, 6.45) is 3.45. The maximum Gasteiger partial charge on any atom is 0.410 e. The summed E-state index contributed by atoms with van der Waals surface area (Å²) in [6, 6.07) is 4.58. The molecule has 0 spiro atoms. The van der Waals surface area contributed by atoms with Gasteiger partial charge in [-0.25, -0.2) is 9.78 Å². The van der Waals surface area contributed by atoms with E-state index in [0.717, 1.165) is 23.4 Å². The van der Waals surface area contributed by atoms with Crippen molar-refractivity contribution in [2.24, 2.45) is 0 Å². The first-order chi connectivity index (χ1) is 14.8. The van der Waals surface area contributed by atoms with Crippen molar-refractivity contribution < 1.29 is 18.7 Å². The van der Waals surface area contributed by atoms with Crippen LogP contribution in [0.15, 0.2) is 28.1 Å². The Balaban J connectivity index is 1.45. The van der Waals surface area contributed by atoms with Gasteiger partial charge in [0, 0.05) is 24.7 Å². The van der Waals surface area contributed by atoms with E-state index in [0.29, 0.717) is 36.0 Å². The molecule has 0 saturated carbocycles. The fourth-order valence-electron chi connectivity index (χ4n) is 4.47. The molecule has 0 aliphatic carbocycles. The lowest BCUT2D eigenvalue weighted by molar-refractivity contribution is 0.0120. The van der Waals surface area contributed by atoms with Crippen molar-refractivity contribution in [1.82, 2.24) is 14.9 Å². The van der Waals surface area contributed by atoms with E-state index in [9.17, 15) is 4.79 Å². The first-order valence-electron chi connectivity index (χ1n) is 10.5. The minimum atomic E-state index is -0.503. The summed E-state index contributed by atoms with van der Waals surface area (Å²) in [7, 11) is 1.63. The highest BCUT2D eigenvalue weighted by atomic mass is 32.1. The molecule has 2 aliphatic heterocycles. The molecular formula is C22H26N4O4S. The van der Waals surface area contributed by atoms with E-state index in [2.05, 4.69) is 9.88 Å². The predicted molar refractivity (Wildman–Crippen MR) is 119 cm³/mol. The standard InChI is InChI=1S/C22H26N4O4S/c1-22(2,3)30-21(27)26-13-5-6-14(26)12-25(11-13)20-24-17-16(28-4)8-7-15(18(17)29-20)19-23-9-10-31-19/h7-10,13-14H,5-6,11-12H2,1-4H3. The van der Waals surface area contributed by atoms with Gasteiger partial charge in [0.25, 0.3) is 6.01 Å². The Morgan fingerprint density at radius 2 is 1.97 bits per heavy atom. The average Bonchev–Trinajstić information content (AvgIpc) is 3.44. The maximum absolute atomic E-state index is 12.7. The molecule has 0 N–H and O–H groups in total. The molecule has 4 heterocycles. The van der Waals surface area contributed by atoms with Gasteiger partial charge in [0.15, 0.2) is 11.1 Å². The van der Waals surface area contributed by atoms with Crippen molar-refractivity contribution in [1.29, 1.82) is 0 Å². The zero-order valence-corrected chi connectivity index (χ0v) is 18.9. The van der Waals surface area contributed by atoms with Gasteiger partial charge in [-0.05, 0) is 45.7 Å². The summed E-state index contributed by atoms with van der Waals surface area (Å²) >= 11 is 1.56. The molecule has 5 rings (SSSR count). The monoisotopic (exact) mass is 442 g/mol. The van der Waals surface area contributed by atoms with Crippen molar-refractivity contribution in [3.05, 3.63) is 23.7 Å². The van der Waals surface area contributed by atoms with Crippen LogP contribution in [0, 0.1) is 0 Å². The number of thiazole rings is 1. The minimum absolute atomic E-state index is 0.0870. The molecule has 1 amide bonds. The van der Waals surface area contributed by atoms with Crippen LogP contribution >= 0.6 is 11.3 Å². The number of oxazole rings is 1. The second-order valence-corrected chi connectivity index (χ2v) is 9.90. The molecule has 164 valence electrons. The maximum atomic E-state index is 12.7. The van der Waals surface area contributed by atoms with E-state index in [1.807, 2.05) is 43.2 Å². The van der Waals surface area contributed by atoms with E-state index in [1.54, 1.807) is 24.6 Å². The molecule has 0 radical (unpaired) electrons. The number of hydrogen-bond acceptors (Lipinski definition) is 8. The fraction of sp³-hybridized carbons (Fsp3) is 0.500. The normalized spacial score (nSPS) is 21.0. The van der Waals surface area contributed by atoms with Gasteiger partial charge >= 0.3 is 6.09 Å². The molecule has 1 aromatic carbocycles. The zero-order valence-electron chi connectivity index (χ0n) is 18.1. The van der Waals surface area contributed by atoms with Crippen LogP contribution in [0.3, 0.4) is 0 Å². The lowest BCUT2D eigenvalue weighted by atomic mass is 10.2. The molecule has 2 aromatic heterocycles. The van der Waals surface area contributed by atoms with Gasteiger partial charge in [-0.1, -0.05) is 0 Å². The van der Waals surface area contributed by atoms with Gasteiger partial charge in [-0.15, -0.1) is 11.3 Å². The number of fused-ring (bicyclic) bond motifs is 3. The summed E-state index contributed by atoms with van der Waals surface area (Å²) in [6.45, 7) is 7.02. The van der Waals surface area contributed by atoms with Crippen LogP contribution in [0.1, 0.15) is 33.6 Å². The van der Waals surface area contributed by atoms with Crippen molar-refractivity contribution >= 4 is 34.5 Å². The number of amides is 1. The number of ether oxygens (including phenoxy) is 2. The number of nitrogens with zero attached hydrogens (tertiary/aromatic N) is 4. The number of piperazine rings is 1. The highest BCUT2D eigenvalue weighted by Gasteiger charge is 2.45. The molecule has 2 atom stereocenters. The van der Waals surface area contributed by atoms with Crippen LogP contribution in [0.5, 0.6) is 5.75 Å². The van der Waals surface area contributed by atoms with E-state index in [-0.39, 0.29) is 18.2 Å². The number of carbonyl (C=O) groups is 1. The minimum Gasteiger partial charge on any atom is -0.494 e. The second-order valence-electron chi connectivity index (χ2n) is 9.00. The molecule has 2 saturated heterocycles. The average molecular weight is 443 g/mol. The van der Waals surface area contributed by atoms with E-state index < -0.39 is 5.60 Å². The highest BCUT2D eigenvalue weighted by Crippen LogP contribution is 2.39. The zero-order chi connectivity index (χ0) is 21.8. The molecule has 9 heteroatoms. The summed E-state index contributed by atoms with van der Waals surface area (Å²) in [4.78, 5) is 26.0. The smallest absolute Gasteiger partial charge is 0.410 e. The predicted octanol–water partition coefficient (Wildman–Crippen LogP) is 4.55. The number of anilines is 1. The van der Waals surface area contributed by atoms with Gasteiger partial charge in [0.05, 0.1) is 24.8 Å². The summed E-state index contributed by atoms with van der Waals surface area (Å²) in [5, 5.41) is 2.82. The molecule has 2 bridgehead atoms. The van der Waals surface area contributed by atoms with E-state index >= 15 is 0 Å². The van der Waals surface area contributed by atoms with Crippen LogP contribution in [0.4, 0.5) is 10.8 Å². The van der Waals surface area contributed by atoms with E-state index in [4.69, 9.17) is 18.9 Å². The Hall–Kier alpha value is -2.81. The Morgan fingerprint density at radius 1 is 1.23 bits per heavy atom. The summed E-state index contributed by atoms with van der Waals surface area (Å²) < 4.78 is 17.4. The molecular weight excluding hydrogens is 416 g/mol. The number of aromatic nitrogens is 2. The van der Waals surface area contributed by atoms with Gasteiger partial charge in [-0.3, -0.25) is 4.90 Å². The number of carbonyl (C=O) groups excluding carboxylic acids is 1. The SMILES string of the molecule is COc1ccc(-c2nccs2)c2oc(N3CC4CCC(C3)N4C(=O)OC(C)(C)C)nc12. The van der Waals surface area contributed by atoms with E-state index in [1.165, 1.54) is 0 Å². The third-order valence-electron chi connectivity index (χ3n) is 5.73. The van der Waals surface area contributed by atoms with Crippen molar-refractivity contribution in [3.8, 4) is 16.3 Å². The Labute approximate surface area is 184 Å². The van der Waals surface area contributed by atoms with Crippen LogP contribution in [0.2, 0.25) is 0 Å². The number of rotatable bonds is 3. The van der Waals surface area contributed by atoms with Crippen molar-refractivity contribution in [3.63, 3.8) is 0 Å². The molecule has 31 heavy (non-hydrogen) atoms. The van der Waals surface area contributed by atoms with Crippen LogP contribution < -0.4 is 9.64 Å². The largest absolute Gasteiger partial charge is 0.494 e. The summed E-state index contributed by atoms with van der Waals surface area (Å²) in [5.41, 5.74) is 1.76. The Bertz CT molecular complexity index is 1090. The Kier molecular flexibility index (Phi) is 4.80. The second kappa shape index (κ2) is 7.40. The Morgan fingerprint density at radius 3 is 2.58 bits per heavy atom. The van der Waals surface area contributed by atoms with Gasteiger partial charge in [0.2, 0.25) is 0 Å². The molecule has 2 fully saturated rings. The third-order valence-corrected chi connectivity index (χ3v) is 6.54. The number of methoxy groups -OCH3 is 1. The van der Waals surface area contributed by atoms with Crippen LogP contribution in [0.25, 0.3) is 21.7 Å². The van der Waals surface area contributed by atoms with Gasteiger partial charge in [-0.2, -0.15) is 4.98 Å². The topological polar surface area (TPSA) is 80.9 Å². The van der Waals surface area contributed by atoms with Gasteiger partial charge < -0.3 is 18.8 Å². The van der Waals surface area contributed by atoms with Crippen LogP contribution in [-0.2, 0) is 4.74 Å². The van der Waals surface area contributed by atoms with Crippen molar-refractivity contribution in [2.75, 3.05) is 25.1 Å². The quantitative estimate of drug-likeness (QED) is 0.589. The number of hydrogen-bond donors (Lipinski definition) is 0. The molecule has 8 nitrogen and oxygen atoms in total. The highest BCUT2D eigenvalue weighted by molar-refractivity contribution is 7.13. The molecule has 3 aromatic rings. The lowest BCUT2D eigenvalue weighted by Gasteiger charge is -2.40. The lowest BCUT2D eigenvalue weighted by Crippen LogP contribution is -2.56. The van der Waals surface area contributed by atoms with Crippen molar-refractivity contribution in [2.45, 2.75) is 51.3 Å². The first-order valence-corrected chi connectivity index (χ1v) is 11.4. The molecule has 2 aliphatic rings.